The molecule has 3 unspecified atom stereocenters. The molecule has 2 aliphatic carbocycles. The monoisotopic (exact) mass is 505 g/mol. The number of nitrogens with one attached hydrogen (secondary N) is 2. The fourth-order valence-corrected chi connectivity index (χ4v) is 6.74. The third-order valence-corrected chi connectivity index (χ3v) is 8.93. The standard InChI is InChI=1S/C25H27N7OS2/c1-13-20(24-31-21-14(2)26-6-5-19(21)35-24)22(32-25(29-13)28-11-15-3-4-15)30-18-10-16(9-17(18)12-33)23-27-7-8-34-23/h5-8,12,15-18H,3-4,9-11H2,1-2H3,(H2,28,29,30,32). The van der Waals surface area contributed by atoms with Gasteiger partial charge in [0.2, 0.25) is 5.95 Å². The maximum absolute atomic E-state index is 12.0. The lowest BCUT2D eigenvalue weighted by molar-refractivity contribution is -0.111. The van der Waals surface area contributed by atoms with Gasteiger partial charge in [-0.3, -0.25) is 4.98 Å². The molecule has 0 bridgehead atoms. The van der Waals surface area contributed by atoms with Crippen molar-refractivity contribution in [3.8, 4) is 10.6 Å². The van der Waals surface area contributed by atoms with Crippen LogP contribution in [0.15, 0.2) is 23.8 Å². The number of pyridine rings is 1. The first-order valence-corrected chi connectivity index (χ1v) is 13.7. The summed E-state index contributed by atoms with van der Waals surface area (Å²) in [5.74, 6) is 2.24. The molecule has 0 radical (unpaired) electrons. The second kappa shape index (κ2) is 9.23. The molecule has 2 fully saturated rings. The fraction of sp³-hybridized carbons (Fsp3) is 0.440. The topological polar surface area (TPSA) is 106 Å². The molecule has 0 amide bonds. The van der Waals surface area contributed by atoms with Crippen molar-refractivity contribution >= 4 is 50.9 Å². The van der Waals surface area contributed by atoms with Gasteiger partial charge in [-0.2, -0.15) is 4.98 Å². The van der Waals surface area contributed by atoms with E-state index in [1.807, 2.05) is 37.7 Å². The summed E-state index contributed by atoms with van der Waals surface area (Å²) in [6, 6.07) is 1.97. The summed E-state index contributed by atoms with van der Waals surface area (Å²) in [6.45, 7) is 4.87. The van der Waals surface area contributed by atoms with Crippen LogP contribution in [0.2, 0.25) is 0 Å². The van der Waals surface area contributed by atoms with Crippen molar-refractivity contribution in [3.05, 3.63) is 40.2 Å². The van der Waals surface area contributed by atoms with Crippen molar-refractivity contribution in [1.29, 1.82) is 0 Å². The molecule has 2 aliphatic rings. The Balaban J connectivity index is 1.38. The summed E-state index contributed by atoms with van der Waals surface area (Å²) >= 11 is 3.28. The molecule has 2 N–H and O–H groups in total. The van der Waals surface area contributed by atoms with Crippen molar-refractivity contribution in [2.24, 2.45) is 11.8 Å². The Labute approximate surface area is 211 Å². The first-order valence-electron chi connectivity index (χ1n) is 12.0. The van der Waals surface area contributed by atoms with E-state index in [0.29, 0.717) is 11.9 Å². The normalized spacial score (nSPS) is 21.9. The number of thiazole rings is 2. The first kappa shape index (κ1) is 22.5. The van der Waals surface area contributed by atoms with Crippen LogP contribution in [0.5, 0.6) is 0 Å². The average Bonchev–Trinajstić information content (AvgIpc) is 3.22. The van der Waals surface area contributed by atoms with E-state index in [0.717, 1.165) is 68.7 Å². The van der Waals surface area contributed by atoms with Gasteiger partial charge in [0, 0.05) is 42.2 Å². The number of carbonyl (C=O) groups excluding carboxylic acids is 1. The van der Waals surface area contributed by atoms with E-state index in [2.05, 4.69) is 20.6 Å². The largest absolute Gasteiger partial charge is 0.366 e. The number of rotatable bonds is 8. The fourth-order valence-electron chi connectivity index (χ4n) is 4.86. The van der Waals surface area contributed by atoms with Gasteiger partial charge in [0.25, 0.3) is 0 Å². The number of carbonyl (C=O) groups is 1. The second-order valence-corrected chi connectivity index (χ2v) is 11.5. The third-order valence-electron chi connectivity index (χ3n) is 6.95. The molecular formula is C25H27N7OS2. The molecule has 6 rings (SSSR count). The predicted molar refractivity (Wildman–Crippen MR) is 140 cm³/mol. The zero-order valence-corrected chi connectivity index (χ0v) is 21.3. The van der Waals surface area contributed by atoms with Gasteiger partial charge in [0.05, 0.1) is 26.7 Å². The molecular weight excluding hydrogens is 478 g/mol. The van der Waals surface area contributed by atoms with Gasteiger partial charge in [0.1, 0.15) is 22.6 Å². The van der Waals surface area contributed by atoms with Crippen LogP contribution < -0.4 is 10.6 Å². The Bertz CT molecular complexity index is 1370. The minimum absolute atomic E-state index is 0.0245. The molecule has 4 aromatic heterocycles. The molecule has 0 saturated heterocycles. The lowest BCUT2D eigenvalue weighted by Gasteiger charge is -2.20. The predicted octanol–water partition coefficient (Wildman–Crippen LogP) is 5.22. The van der Waals surface area contributed by atoms with Crippen molar-refractivity contribution in [3.63, 3.8) is 0 Å². The minimum Gasteiger partial charge on any atom is -0.366 e. The molecule has 180 valence electrons. The van der Waals surface area contributed by atoms with Gasteiger partial charge in [0.15, 0.2) is 0 Å². The number of aromatic nitrogens is 5. The lowest BCUT2D eigenvalue weighted by atomic mass is 10.1. The zero-order valence-electron chi connectivity index (χ0n) is 19.7. The van der Waals surface area contributed by atoms with E-state index >= 15 is 0 Å². The van der Waals surface area contributed by atoms with Crippen LogP contribution in [0.3, 0.4) is 0 Å². The van der Waals surface area contributed by atoms with Gasteiger partial charge in [-0.05, 0) is 51.5 Å². The highest BCUT2D eigenvalue weighted by molar-refractivity contribution is 7.21. The maximum Gasteiger partial charge on any atom is 0.224 e. The highest BCUT2D eigenvalue weighted by Gasteiger charge is 2.37. The van der Waals surface area contributed by atoms with E-state index in [9.17, 15) is 4.79 Å². The van der Waals surface area contributed by atoms with Crippen molar-refractivity contribution < 1.29 is 4.79 Å². The zero-order chi connectivity index (χ0) is 23.9. The smallest absolute Gasteiger partial charge is 0.224 e. The van der Waals surface area contributed by atoms with Gasteiger partial charge in [-0.25, -0.2) is 15.0 Å². The minimum atomic E-state index is -0.100. The quantitative estimate of drug-likeness (QED) is 0.314. The van der Waals surface area contributed by atoms with Gasteiger partial charge in [-0.1, -0.05) is 0 Å². The summed E-state index contributed by atoms with van der Waals surface area (Å²) in [7, 11) is 0. The van der Waals surface area contributed by atoms with E-state index in [1.165, 1.54) is 12.8 Å². The summed E-state index contributed by atoms with van der Waals surface area (Å²) in [5.41, 5.74) is 3.57. The Morgan fingerprint density at radius 2 is 1.97 bits per heavy atom. The van der Waals surface area contributed by atoms with Crippen molar-refractivity contribution in [2.75, 3.05) is 17.2 Å². The number of aryl methyl sites for hydroxylation is 2. The number of hydrogen-bond donors (Lipinski definition) is 2. The highest BCUT2D eigenvalue weighted by Crippen LogP contribution is 2.42. The van der Waals surface area contributed by atoms with Crippen LogP contribution >= 0.6 is 22.7 Å². The molecule has 0 aromatic carbocycles. The van der Waals surface area contributed by atoms with Crippen LogP contribution in [0, 0.1) is 25.7 Å². The molecule has 2 saturated carbocycles. The number of nitrogens with zero attached hydrogens (tertiary/aromatic N) is 5. The molecule has 35 heavy (non-hydrogen) atoms. The van der Waals surface area contributed by atoms with E-state index < -0.39 is 0 Å². The Hall–Kier alpha value is -2.98. The van der Waals surface area contributed by atoms with Crippen LogP contribution in [0.4, 0.5) is 11.8 Å². The number of fused-ring (bicyclic) bond motifs is 1. The van der Waals surface area contributed by atoms with Crippen molar-refractivity contribution in [1.82, 2.24) is 24.9 Å². The Morgan fingerprint density at radius 1 is 1.09 bits per heavy atom. The lowest BCUT2D eigenvalue weighted by Crippen LogP contribution is -2.26. The SMILES string of the molecule is Cc1nc(NCC2CC2)nc(NC2CC(c3nccs3)CC2C=O)c1-c1nc2c(C)nccc2s1. The van der Waals surface area contributed by atoms with Crippen LogP contribution in [0.25, 0.3) is 20.8 Å². The molecule has 4 heterocycles. The first-order chi connectivity index (χ1) is 17.1. The summed E-state index contributed by atoms with van der Waals surface area (Å²) in [6.07, 6.45) is 8.90. The number of aldehydes is 1. The Kier molecular flexibility index (Phi) is 5.93. The number of hydrogen-bond acceptors (Lipinski definition) is 10. The second-order valence-electron chi connectivity index (χ2n) is 9.53. The van der Waals surface area contributed by atoms with E-state index in [4.69, 9.17) is 15.0 Å². The van der Waals surface area contributed by atoms with E-state index in [-0.39, 0.29) is 17.9 Å². The molecule has 0 spiro atoms. The number of anilines is 2. The summed E-state index contributed by atoms with van der Waals surface area (Å²) in [4.78, 5) is 35.6. The summed E-state index contributed by atoms with van der Waals surface area (Å²) in [5, 5.41) is 11.0. The molecule has 3 atom stereocenters. The van der Waals surface area contributed by atoms with Gasteiger partial charge in [-0.15, -0.1) is 22.7 Å². The van der Waals surface area contributed by atoms with E-state index in [1.54, 1.807) is 22.7 Å². The Morgan fingerprint density at radius 3 is 2.71 bits per heavy atom. The van der Waals surface area contributed by atoms with Crippen LogP contribution in [0.1, 0.15) is 48.0 Å². The third kappa shape index (κ3) is 4.52. The van der Waals surface area contributed by atoms with Crippen molar-refractivity contribution in [2.45, 2.75) is 51.5 Å². The molecule has 8 nitrogen and oxygen atoms in total. The average molecular weight is 506 g/mol. The van der Waals surface area contributed by atoms with Crippen LogP contribution in [-0.4, -0.2) is 43.8 Å². The van der Waals surface area contributed by atoms with Gasteiger partial charge >= 0.3 is 0 Å². The molecule has 0 aliphatic heterocycles. The van der Waals surface area contributed by atoms with Crippen LogP contribution in [-0.2, 0) is 4.79 Å². The maximum atomic E-state index is 12.0. The molecule has 10 heteroatoms. The highest BCUT2D eigenvalue weighted by atomic mass is 32.1. The summed E-state index contributed by atoms with van der Waals surface area (Å²) < 4.78 is 1.09. The molecule has 4 aromatic rings. The van der Waals surface area contributed by atoms with Gasteiger partial charge < -0.3 is 15.4 Å².